The summed E-state index contributed by atoms with van der Waals surface area (Å²) in [6.07, 6.45) is 1.61. The van der Waals surface area contributed by atoms with Gasteiger partial charge in [0.25, 0.3) is 0 Å². The minimum absolute atomic E-state index is 0.0795. The molecule has 33 heavy (non-hydrogen) atoms. The molecule has 1 heterocycles. The van der Waals surface area contributed by atoms with E-state index >= 15 is 0 Å². The zero-order chi connectivity index (χ0) is 23.3. The van der Waals surface area contributed by atoms with Gasteiger partial charge in [0.05, 0.1) is 18.2 Å². The minimum Gasteiger partial charge on any atom is -0.497 e. The maximum Gasteiger partial charge on any atom is 0.241 e. The van der Waals surface area contributed by atoms with E-state index in [1.165, 1.54) is 10.7 Å². The third-order valence-corrected chi connectivity index (χ3v) is 6.54. The first-order valence-electron chi connectivity index (χ1n) is 9.97. The summed E-state index contributed by atoms with van der Waals surface area (Å²) in [6.45, 7) is 0.167. The van der Waals surface area contributed by atoms with Crippen molar-refractivity contribution in [1.29, 1.82) is 0 Å². The van der Waals surface area contributed by atoms with Crippen LogP contribution in [0.4, 0.5) is 0 Å². The second-order valence-electron chi connectivity index (χ2n) is 6.99. The fraction of sp³-hybridized carbons (Fsp3) is 0.0870. The quantitative estimate of drug-likeness (QED) is 0.294. The molecule has 168 valence electrons. The molecule has 0 unspecified atom stereocenters. The zero-order valence-electron chi connectivity index (χ0n) is 17.7. The molecule has 0 bridgehead atoms. The number of nitrogens with one attached hydrogen (secondary N) is 2. The van der Waals surface area contributed by atoms with Gasteiger partial charge in [-0.2, -0.15) is 14.9 Å². The van der Waals surface area contributed by atoms with Gasteiger partial charge in [-0.25, -0.2) is 18.2 Å². The van der Waals surface area contributed by atoms with Crippen LogP contribution in [-0.4, -0.2) is 36.6 Å². The van der Waals surface area contributed by atoms with E-state index in [-0.39, 0.29) is 22.0 Å². The van der Waals surface area contributed by atoms with Gasteiger partial charge in [-0.05, 0) is 59.7 Å². The van der Waals surface area contributed by atoms with Crippen molar-refractivity contribution in [2.45, 2.75) is 11.4 Å². The normalized spacial score (nSPS) is 11.7. The molecule has 0 amide bonds. The third kappa shape index (κ3) is 5.25. The topological polar surface area (TPSA) is 101 Å². The Bertz CT molecular complexity index is 1430. The highest BCUT2D eigenvalue weighted by atomic mass is 32.2. The van der Waals surface area contributed by atoms with E-state index in [4.69, 9.17) is 17.0 Å². The Balaban J connectivity index is 1.67. The molecule has 8 nitrogen and oxygen atoms in total. The summed E-state index contributed by atoms with van der Waals surface area (Å²) in [5.41, 5.74) is 2.04. The fourth-order valence-electron chi connectivity index (χ4n) is 3.13. The van der Waals surface area contributed by atoms with Crippen molar-refractivity contribution in [3.05, 3.63) is 94.8 Å². The van der Waals surface area contributed by atoms with Crippen molar-refractivity contribution in [3.8, 4) is 17.1 Å². The van der Waals surface area contributed by atoms with Gasteiger partial charge in [-0.1, -0.05) is 42.5 Å². The molecule has 0 atom stereocenters. The maximum absolute atomic E-state index is 13.1. The van der Waals surface area contributed by atoms with Crippen LogP contribution in [0.3, 0.4) is 0 Å². The lowest BCUT2D eigenvalue weighted by molar-refractivity contribution is 0.415. The van der Waals surface area contributed by atoms with Crippen LogP contribution in [0.25, 0.3) is 11.4 Å². The number of hydrogen-bond acceptors (Lipinski definition) is 6. The molecule has 0 fully saturated rings. The summed E-state index contributed by atoms with van der Waals surface area (Å²) in [5.74, 6) is 1.01. The van der Waals surface area contributed by atoms with Crippen LogP contribution in [0.1, 0.15) is 11.1 Å². The van der Waals surface area contributed by atoms with Crippen molar-refractivity contribution in [2.24, 2.45) is 5.10 Å². The van der Waals surface area contributed by atoms with Crippen molar-refractivity contribution < 1.29 is 13.2 Å². The number of sulfonamides is 1. The summed E-state index contributed by atoms with van der Waals surface area (Å²) in [4.78, 5) is 0.0795. The molecule has 0 spiro atoms. The fourth-order valence-corrected chi connectivity index (χ4v) is 4.52. The van der Waals surface area contributed by atoms with Gasteiger partial charge in [-0.3, -0.25) is 0 Å². The van der Waals surface area contributed by atoms with Crippen molar-refractivity contribution in [1.82, 2.24) is 19.6 Å². The molecule has 4 rings (SSSR count). The molecular weight excluding hydrogens is 458 g/mol. The van der Waals surface area contributed by atoms with Gasteiger partial charge in [0, 0.05) is 12.1 Å². The summed E-state index contributed by atoms with van der Waals surface area (Å²) < 4.78 is 35.7. The van der Waals surface area contributed by atoms with Gasteiger partial charge >= 0.3 is 0 Å². The highest BCUT2D eigenvalue weighted by molar-refractivity contribution is 7.89. The van der Waals surface area contributed by atoms with Gasteiger partial charge < -0.3 is 4.74 Å². The number of rotatable bonds is 8. The number of methoxy groups -OCH3 is 1. The van der Waals surface area contributed by atoms with E-state index in [0.29, 0.717) is 5.56 Å². The first-order valence-corrected chi connectivity index (χ1v) is 11.9. The zero-order valence-corrected chi connectivity index (χ0v) is 19.3. The van der Waals surface area contributed by atoms with Gasteiger partial charge in [0.2, 0.25) is 14.8 Å². The van der Waals surface area contributed by atoms with Crippen LogP contribution in [0.5, 0.6) is 5.75 Å². The summed E-state index contributed by atoms with van der Waals surface area (Å²) in [7, 11) is -2.24. The average molecular weight is 480 g/mol. The van der Waals surface area contributed by atoms with E-state index in [1.54, 1.807) is 31.5 Å². The highest BCUT2D eigenvalue weighted by Gasteiger charge is 2.22. The number of H-pyrrole nitrogens is 1. The van der Waals surface area contributed by atoms with Gasteiger partial charge in [0.15, 0.2) is 5.82 Å². The maximum atomic E-state index is 13.1. The first-order chi connectivity index (χ1) is 16.0. The Kier molecular flexibility index (Phi) is 6.78. The smallest absolute Gasteiger partial charge is 0.241 e. The monoisotopic (exact) mass is 479 g/mol. The van der Waals surface area contributed by atoms with Crippen LogP contribution in [0, 0.1) is 4.77 Å². The lowest BCUT2D eigenvalue weighted by Gasteiger charge is -2.11. The Morgan fingerprint density at radius 1 is 1.06 bits per heavy atom. The average Bonchev–Trinajstić information content (AvgIpc) is 3.22. The predicted molar refractivity (Wildman–Crippen MR) is 129 cm³/mol. The second-order valence-corrected chi connectivity index (χ2v) is 9.11. The van der Waals surface area contributed by atoms with E-state index in [2.05, 4.69) is 20.0 Å². The van der Waals surface area contributed by atoms with E-state index in [0.717, 1.165) is 16.9 Å². The SMILES string of the molecule is COc1ccc(/C=N/n2c(-c3ccccc3S(=O)(=O)NCc3ccccc3)n[nH]c2=S)cc1. The van der Waals surface area contributed by atoms with Crippen molar-refractivity contribution in [2.75, 3.05) is 7.11 Å². The molecule has 10 heteroatoms. The molecule has 0 saturated carbocycles. The van der Waals surface area contributed by atoms with E-state index in [1.807, 2.05) is 54.6 Å². The largest absolute Gasteiger partial charge is 0.497 e. The van der Waals surface area contributed by atoms with Crippen molar-refractivity contribution >= 4 is 28.5 Å². The number of aromatic nitrogens is 3. The number of hydrogen-bond donors (Lipinski definition) is 2. The molecule has 4 aromatic rings. The Labute approximate surface area is 196 Å². The molecule has 3 aromatic carbocycles. The van der Waals surface area contributed by atoms with E-state index in [9.17, 15) is 8.42 Å². The van der Waals surface area contributed by atoms with Gasteiger partial charge in [0.1, 0.15) is 5.75 Å². The minimum atomic E-state index is -3.84. The van der Waals surface area contributed by atoms with Crippen LogP contribution < -0.4 is 9.46 Å². The third-order valence-electron chi connectivity index (χ3n) is 4.82. The second kappa shape index (κ2) is 9.90. The number of benzene rings is 3. The molecule has 0 saturated heterocycles. The molecule has 0 aliphatic rings. The molecular formula is C23H21N5O3S2. The van der Waals surface area contributed by atoms with Crippen molar-refractivity contribution in [3.63, 3.8) is 0 Å². The summed E-state index contributed by atoms with van der Waals surface area (Å²) in [6, 6.07) is 23.2. The Hall–Kier alpha value is -3.60. The summed E-state index contributed by atoms with van der Waals surface area (Å²) >= 11 is 5.33. The molecule has 0 aliphatic carbocycles. The molecule has 1 aromatic heterocycles. The van der Waals surface area contributed by atoms with Gasteiger partial charge in [-0.15, -0.1) is 0 Å². The van der Waals surface area contributed by atoms with E-state index < -0.39 is 10.0 Å². The molecule has 2 N–H and O–H groups in total. The molecule has 0 radical (unpaired) electrons. The number of nitrogens with zero attached hydrogens (tertiary/aromatic N) is 3. The summed E-state index contributed by atoms with van der Waals surface area (Å²) in [5, 5.41) is 11.4. The predicted octanol–water partition coefficient (Wildman–Crippen LogP) is 3.98. The number of ether oxygens (including phenoxy) is 1. The first kappa shape index (κ1) is 22.6. The van der Waals surface area contributed by atoms with Crippen LogP contribution in [0.2, 0.25) is 0 Å². The standard InChI is InChI=1S/C23H21N5O3S2/c1-31-19-13-11-18(12-14-19)15-24-28-22(26-27-23(28)32)20-9-5-6-10-21(20)33(29,30)25-16-17-7-3-2-4-8-17/h2-15,25H,16H2,1H3,(H,27,32)/b24-15+. The lowest BCUT2D eigenvalue weighted by atomic mass is 10.2. The Morgan fingerprint density at radius 3 is 2.48 bits per heavy atom. The van der Waals surface area contributed by atoms with Crippen LogP contribution >= 0.6 is 12.2 Å². The number of aromatic amines is 1. The Morgan fingerprint density at radius 2 is 1.76 bits per heavy atom. The van der Waals surface area contributed by atoms with Crippen LogP contribution in [0.15, 0.2) is 88.9 Å². The van der Waals surface area contributed by atoms with Crippen LogP contribution in [-0.2, 0) is 16.6 Å². The highest BCUT2D eigenvalue weighted by Crippen LogP contribution is 2.26. The molecule has 0 aliphatic heterocycles. The lowest BCUT2D eigenvalue weighted by Crippen LogP contribution is -2.24.